The lowest BCUT2D eigenvalue weighted by molar-refractivity contribution is -0.170. The van der Waals surface area contributed by atoms with Gasteiger partial charge in [0.1, 0.15) is 0 Å². The first-order valence-corrected chi connectivity index (χ1v) is 9.15. The molecule has 0 aromatic heterocycles. The standard InChI is InChI=1S/C15H19BrN2O3S/c1-2-22-13-5-3-4-12(16)14(13)17-15(19)18-6-10-8-20-9-11(7-18)21-10/h3-5,10-11H,2,6-9H2,1H3,(H,17,19). The number of carbonyl (C=O) groups excluding carboxylic acids is 1. The van der Waals surface area contributed by atoms with Crippen LogP contribution in [0.4, 0.5) is 10.5 Å². The molecular weight excluding hydrogens is 368 g/mol. The number of urea groups is 1. The molecule has 22 heavy (non-hydrogen) atoms. The van der Waals surface area contributed by atoms with Gasteiger partial charge in [-0.25, -0.2) is 4.79 Å². The lowest BCUT2D eigenvalue weighted by atomic mass is 10.2. The number of morpholine rings is 1. The topological polar surface area (TPSA) is 50.8 Å². The van der Waals surface area contributed by atoms with Gasteiger partial charge < -0.3 is 19.7 Å². The average molecular weight is 387 g/mol. The van der Waals surface area contributed by atoms with Crippen LogP contribution in [-0.4, -0.2) is 55.2 Å². The highest BCUT2D eigenvalue weighted by molar-refractivity contribution is 9.10. The molecule has 2 bridgehead atoms. The summed E-state index contributed by atoms with van der Waals surface area (Å²) in [5.74, 6) is 0.957. The van der Waals surface area contributed by atoms with Crippen molar-refractivity contribution in [3.8, 4) is 0 Å². The number of hydrogen-bond donors (Lipinski definition) is 1. The Morgan fingerprint density at radius 1 is 1.41 bits per heavy atom. The molecule has 2 saturated heterocycles. The monoisotopic (exact) mass is 386 g/mol. The van der Waals surface area contributed by atoms with Gasteiger partial charge >= 0.3 is 6.03 Å². The molecule has 1 N–H and O–H groups in total. The average Bonchev–Trinajstić information content (AvgIpc) is 2.50. The molecule has 0 radical (unpaired) electrons. The van der Waals surface area contributed by atoms with Crippen molar-refractivity contribution < 1.29 is 14.3 Å². The summed E-state index contributed by atoms with van der Waals surface area (Å²) in [7, 11) is 0. The first-order chi connectivity index (χ1) is 10.7. The molecule has 7 heteroatoms. The van der Waals surface area contributed by atoms with E-state index in [1.165, 1.54) is 0 Å². The van der Waals surface area contributed by atoms with Crippen molar-refractivity contribution in [3.05, 3.63) is 22.7 Å². The van der Waals surface area contributed by atoms with Gasteiger partial charge in [-0.2, -0.15) is 0 Å². The number of para-hydroxylation sites is 1. The summed E-state index contributed by atoms with van der Waals surface area (Å²) in [5, 5.41) is 3.05. The van der Waals surface area contributed by atoms with Crippen LogP contribution in [-0.2, 0) is 9.47 Å². The predicted octanol–water partition coefficient (Wildman–Crippen LogP) is 3.19. The maximum atomic E-state index is 12.6. The summed E-state index contributed by atoms with van der Waals surface area (Å²) in [6, 6.07) is 5.87. The molecule has 0 spiro atoms. The van der Waals surface area contributed by atoms with Crippen LogP contribution in [0.3, 0.4) is 0 Å². The molecule has 120 valence electrons. The van der Waals surface area contributed by atoms with Crippen molar-refractivity contribution in [2.24, 2.45) is 0 Å². The van der Waals surface area contributed by atoms with Crippen molar-refractivity contribution in [3.63, 3.8) is 0 Å². The summed E-state index contributed by atoms with van der Waals surface area (Å²) in [4.78, 5) is 15.5. The summed E-state index contributed by atoms with van der Waals surface area (Å²) >= 11 is 5.24. The zero-order chi connectivity index (χ0) is 15.5. The minimum absolute atomic E-state index is 0.0121. The molecule has 2 aliphatic rings. The molecule has 2 amide bonds. The largest absolute Gasteiger partial charge is 0.376 e. The number of thioether (sulfide) groups is 1. The molecule has 0 aliphatic carbocycles. The van der Waals surface area contributed by atoms with Gasteiger partial charge in [0.25, 0.3) is 0 Å². The van der Waals surface area contributed by atoms with E-state index < -0.39 is 0 Å². The van der Waals surface area contributed by atoms with Gasteiger partial charge in [-0.3, -0.25) is 0 Å². The summed E-state index contributed by atoms with van der Waals surface area (Å²) < 4.78 is 12.1. The normalized spacial score (nSPS) is 24.2. The number of carbonyl (C=O) groups is 1. The van der Waals surface area contributed by atoms with Crippen molar-refractivity contribution in [2.75, 3.05) is 37.4 Å². The van der Waals surface area contributed by atoms with Crippen LogP contribution < -0.4 is 5.32 Å². The molecule has 5 nitrogen and oxygen atoms in total. The second-order valence-electron chi connectivity index (χ2n) is 5.30. The summed E-state index contributed by atoms with van der Waals surface area (Å²) in [6.07, 6.45) is -0.0242. The smallest absolute Gasteiger partial charge is 0.322 e. The van der Waals surface area contributed by atoms with E-state index in [-0.39, 0.29) is 18.2 Å². The second kappa shape index (κ2) is 7.21. The van der Waals surface area contributed by atoms with E-state index in [1.54, 1.807) is 11.8 Å². The number of amides is 2. The number of nitrogens with zero attached hydrogens (tertiary/aromatic N) is 1. The number of halogens is 1. The van der Waals surface area contributed by atoms with E-state index in [9.17, 15) is 4.79 Å². The minimum Gasteiger partial charge on any atom is -0.376 e. The maximum Gasteiger partial charge on any atom is 0.322 e. The molecule has 2 heterocycles. The Kier molecular flexibility index (Phi) is 5.28. The van der Waals surface area contributed by atoms with Gasteiger partial charge in [-0.05, 0) is 33.8 Å². The summed E-state index contributed by atoms with van der Waals surface area (Å²) in [6.45, 7) is 4.37. The Balaban J connectivity index is 1.71. The Hall–Kier alpha value is -0.760. The quantitative estimate of drug-likeness (QED) is 0.810. The predicted molar refractivity (Wildman–Crippen MR) is 90.6 cm³/mol. The first kappa shape index (κ1) is 16.1. The SMILES string of the molecule is CCSc1cccc(Br)c1NC(=O)N1CC2COCC(C1)O2. The number of rotatable bonds is 3. The highest BCUT2D eigenvalue weighted by Crippen LogP contribution is 2.34. The fourth-order valence-electron chi connectivity index (χ4n) is 2.69. The minimum atomic E-state index is -0.0787. The number of fused-ring (bicyclic) bond motifs is 2. The molecule has 1 aromatic rings. The van der Waals surface area contributed by atoms with Crippen LogP contribution in [0, 0.1) is 0 Å². The van der Waals surface area contributed by atoms with Crippen LogP contribution in [0.5, 0.6) is 0 Å². The zero-order valence-electron chi connectivity index (χ0n) is 12.4. The van der Waals surface area contributed by atoms with Crippen molar-refractivity contribution in [2.45, 2.75) is 24.0 Å². The zero-order valence-corrected chi connectivity index (χ0v) is 14.8. The van der Waals surface area contributed by atoms with Gasteiger partial charge in [0, 0.05) is 9.37 Å². The van der Waals surface area contributed by atoms with Crippen LogP contribution >= 0.6 is 27.7 Å². The number of ether oxygens (including phenoxy) is 2. The van der Waals surface area contributed by atoms with E-state index in [2.05, 4.69) is 28.2 Å². The molecule has 0 saturated carbocycles. The van der Waals surface area contributed by atoms with Crippen LogP contribution in [0.25, 0.3) is 0 Å². The lowest BCUT2D eigenvalue weighted by Gasteiger charge is -2.41. The number of hydrogen-bond acceptors (Lipinski definition) is 4. The highest BCUT2D eigenvalue weighted by Gasteiger charge is 2.34. The molecular formula is C15H19BrN2O3S. The fraction of sp³-hybridized carbons (Fsp3) is 0.533. The Morgan fingerprint density at radius 3 is 2.82 bits per heavy atom. The Bertz CT molecular complexity index is 546. The Labute approximate surface area is 142 Å². The molecule has 2 atom stereocenters. The van der Waals surface area contributed by atoms with Gasteiger partial charge in [0.15, 0.2) is 0 Å². The van der Waals surface area contributed by atoms with E-state index in [1.807, 2.05) is 23.1 Å². The second-order valence-corrected chi connectivity index (χ2v) is 7.46. The first-order valence-electron chi connectivity index (χ1n) is 7.37. The van der Waals surface area contributed by atoms with Crippen molar-refractivity contribution in [1.82, 2.24) is 4.90 Å². The number of nitrogens with one attached hydrogen (secondary N) is 1. The number of anilines is 1. The van der Waals surface area contributed by atoms with E-state index >= 15 is 0 Å². The molecule has 2 fully saturated rings. The van der Waals surface area contributed by atoms with E-state index in [0.717, 1.165) is 20.8 Å². The van der Waals surface area contributed by atoms with Gasteiger partial charge in [0.05, 0.1) is 44.2 Å². The lowest BCUT2D eigenvalue weighted by Crippen LogP contribution is -2.56. The van der Waals surface area contributed by atoms with Crippen LogP contribution in [0.1, 0.15) is 6.92 Å². The van der Waals surface area contributed by atoms with Crippen molar-refractivity contribution >= 4 is 39.4 Å². The van der Waals surface area contributed by atoms with Gasteiger partial charge in [-0.15, -0.1) is 11.8 Å². The summed E-state index contributed by atoms with van der Waals surface area (Å²) in [5.41, 5.74) is 0.840. The number of benzene rings is 1. The van der Waals surface area contributed by atoms with Gasteiger partial charge in [0.2, 0.25) is 0 Å². The highest BCUT2D eigenvalue weighted by atomic mass is 79.9. The molecule has 1 aromatic carbocycles. The third-order valence-electron chi connectivity index (χ3n) is 3.63. The fourth-order valence-corrected chi connectivity index (χ4v) is 4.08. The Morgan fingerprint density at radius 2 is 2.14 bits per heavy atom. The third kappa shape index (κ3) is 3.59. The van der Waals surface area contributed by atoms with E-state index in [0.29, 0.717) is 26.3 Å². The molecule has 2 aliphatic heterocycles. The van der Waals surface area contributed by atoms with Crippen molar-refractivity contribution in [1.29, 1.82) is 0 Å². The molecule has 2 unspecified atom stereocenters. The van der Waals surface area contributed by atoms with Gasteiger partial charge in [-0.1, -0.05) is 13.0 Å². The van der Waals surface area contributed by atoms with Crippen LogP contribution in [0.2, 0.25) is 0 Å². The molecule has 3 rings (SSSR count). The van der Waals surface area contributed by atoms with E-state index in [4.69, 9.17) is 9.47 Å². The maximum absolute atomic E-state index is 12.6. The third-order valence-corrected chi connectivity index (χ3v) is 5.24. The van der Waals surface area contributed by atoms with Crippen LogP contribution in [0.15, 0.2) is 27.6 Å².